The number of hydrogen-bond donors (Lipinski definition) is 1. The highest BCUT2D eigenvalue weighted by Crippen LogP contribution is 2.30. The molecule has 2 unspecified atom stereocenters. The molecule has 2 atom stereocenters. The Labute approximate surface area is 101 Å². The first-order chi connectivity index (χ1) is 7.06. The standard InChI is InChI=1S/C13H19BrO/c1-4-9(2)8-12(15)11-7-5-6-10(3)13(11)14/h5-7,9,12,15H,4,8H2,1-3H3. The first kappa shape index (κ1) is 12.7. The summed E-state index contributed by atoms with van der Waals surface area (Å²) in [5.41, 5.74) is 2.19. The second-order valence-corrected chi connectivity index (χ2v) is 5.04. The fraction of sp³-hybridized carbons (Fsp3) is 0.538. The largest absolute Gasteiger partial charge is 0.388 e. The lowest BCUT2D eigenvalue weighted by atomic mass is 9.96. The van der Waals surface area contributed by atoms with E-state index in [4.69, 9.17) is 0 Å². The van der Waals surface area contributed by atoms with E-state index in [2.05, 4.69) is 29.8 Å². The fourth-order valence-electron chi connectivity index (χ4n) is 1.60. The van der Waals surface area contributed by atoms with Crippen molar-refractivity contribution in [3.05, 3.63) is 33.8 Å². The summed E-state index contributed by atoms with van der Waals surface area (Å²) in [6.07, 6.45) is 1.59. The van der Waals surface area contributed by atoms with E-state index in [-0.39, 0.29) is 6.10 Å². The van der Waals surface area contributed by atoms with Gasteiger partial charge in [-0.05, 0) is 30.4 Å². The molecule has 0 fully saturated rings. The Balaban J connectivity index is 2.82. The van der Waals surface area contributed by atoms with Crippen molar-refractivity contribution in [3.63, 3.8) is 0 Å². The predicted molar refractivity (Wildman–Crippen MR) is 67.9 cm³/mol. The lowest BCUT2D eigenvalue weighted by Crippen LogP contribution is -2.05. The number of rotatable bonds is 4. The summed E-state index contributed by atoms with van der Waals surface area (Å²) in [6, 6.07) is 6.03. The zero-order valence-electron chi connectivity index (χ0n) is 9.63. The molecule has 0 saturated carbocycles. The van der Waals surface area contributed by atoms with Crippen LogP contribution in [0.15, 0.2) is 22.7 Å². The summed E-state index contributed by atoms with van der Waals surface area (Å²) < 4.78 is 1.04. The third-order valence-electron chi connectivity index (χ3n) is 2.90. The molecule has 84 valence electrons. The molecule has 15 heavy (non-hydrogen) atoms. The highest BCUT2D eigenvalue weighted by atomic mass is 79.9. The van der Waals surface area contributed by atoms with Gasteiger partial charge in [-0.15, -0.1) is 0 Å². The molecule has 0 aliphatic rings. The average Bonchev–Trinajstić information content (AvgIpc) is 2.21. The van der Waals surface area contributed by atoms with Crippen LogP contribution in [0.25, 0.3) is 0 Å². The molecular weight excluding hydrogens is 252 g/mol. The highest BCUT2D eigenvalue weighted by molar-refractivity contribution is 9.10. The van der Waals surface area contributed by atoms with Crippen LogP contribution >= 0.6 is 15.9 Å². The molecule has 1 aromatic rings. The van der Waals surface area contributed by atoms with Gasteiger partial charge in [0.25, 0.3) is 0 Å². The highest BCUT2D eigenvalue weighted by Gasteiger charge is 2.14. The smallest absolute Gasteiger partial charge is 0.0803 e. The zero-order chi connectivity index (χ0) is 11.4. The van der Waals surface area contributed by atoms with E-state index in [1.807, 2.05) is 25.1 Å². The maximum Gasteiger partial charge on any atom is 0.0803 e. The van der Waals surface area contributed by atoms with Crippen LogP contribution in [-0.4, -0.2) is 5.11 Å². The lowest BCUT2D eigenvalue weighted by Gasteiger charge is -2.17. The number of aliphatic hydroxyl groups excluding tert-OH is 1. The summed E-state index contributed by atoms with van der Waals surface area (Å²) in [4.78, 5) is 0. The Morgan fingerprint density at radius 3 is 2.67 bits per heavy atom. The Morgan fingerprint density at radius 2 is 2.07 bits per heavy atom. The fourth-order valence-corrected chi connectivity index (χ4v) is 2.13. The molecule has 0 aromatic heterocycles. The molecule has 0 radical (unpaired) electrons. The predicted octanol–water partition coefficient (Wildman–Crippen LogP) is 4.23. The van der Waals surface area contributed by atoms with Crippen LogP contribution in [0.1, 0.15) is 43.9 Å². The van der Waals surface area contributed by atoms with Gasteiger partial charge in [-0.25, -0.2) is 0 Å². The number of benzene rings is 1. The lowest BCUT2D eigenvalue weighted by molar-refractivity contribution is 0.145. The van der Waals surface area contributed by atoms with E-state index < -0.39 is 0 Å². The van der Waals surface area contributed by atoms with Gasteiger partial charge in [0, 0.05) is 4.47 Å². The number of aryl methyl sites for hydroxylation is 1. The quantitative estimate of drug-likeness (QED) is 0.869. The summed E-state index contributed by atoms with van der Waals surface area (Å²) in [5.74, 6) is 0.562. The zero-order valence-corrected chi connectivity index (χ0v) is 11.2. The van der Waals surface area contributed by atoms with E-state index in [9.17, 15) is 5.11 Å². The number of aliphatic hydroxyl groups is 1. The first-order valence-corrected chi connectivity index (χ1v) is 6.28. The average molecular weight is 271 g/mol. The molecular formula is C13H19BrO. The van der Waals surface area contributed by atoms with Crippen molar-refractivity contribution < 1.29 is 5.11 Å². The van der Waals surface area contributed by atoms with E-state index in [1.54, 1.807) is 0 Å². The molecule has 1 rings (SSSR count). The summed E-state index contributed by atoms with van der Waals surface area (Å²) in [6.45, 7) is 6.37. The molecule has 1 N–H and O–H groups in total. The number of hydrogen-bond acceptors (Lipinski definition) is 1. The van der Waals surface area contributed by atoms with Gasteiger partial charge in [-0.2, -0.15) is 0 Å². The van der Waals surface area contributed by atoms with Crippen LogP contribution in [0.2, 0.25) is 0 Å². The number of halogens is 1. The molecule has 0 aliphatic carbocycles. The van der Waals surface area contributed by atoms with Crippen molar-refractivity contribution in [3.8, 4) is 0 Å². The van der Waals surface area contributed by atoms with Crippen LogP contribution in [0.3, 0.4) is 0 Å². The maximum absolute atomic E-state index is 10.1. The second-order valence-electron chi connectivity index (χ2n) is 4.24. The van der Waals surface area contributed by atoms with Crippen molar-refractivity contribution in [2.75, 3.05) is 0 Å². The third kappa shape index (κ3) is 3.32. The van der Waals surface area contributed by atoms with Crippen molar-refractivity contribution in [1.29, 1.82) is 0 Å². The molecule has 0 spiro atoms. The summed E-state index contributed by atoms with van der Waals surface area (Å²) in [5, 5.41) is 10.1. The van der Waals surface area contributed by atoms with E-state index in [0.717, 1.165) is 22.9 Å². The van der Waals surface area contributed by atoms with Gasteiger partial charge in [0.1, 0.15) is 0 Å². The summed E-state index contributed by atoms with van der Waals surface area (Å²) in [7, 11) is 0. The van der Waals surface area contributed by atoms with Gasteiger partial charge in [-0.1, -0.05) is 54.4 Å². The molecule has 0 heterocycles. The molecule has 1 aromatic carbocycles. The minimum atomic E-state index is -0.353. The molecule has 0 bridgehead atoms. The minimum absolute atomic E-state index is 0.353. The molecule has 0 amide bonds. The van der Waals surface area contributed by atoms with Gasteiger partial charge in [-0.3, -0.25) is 0 Å². The minimum Gasteiger partial charge on any atom is -0.388 e. The van der Waals surface area contributed by atoms with Crippen LogP contribution in [0.5, 0.6) is 0 Å². The third-order valence-corrected chi connectivity index (χ3v) is 3.99. The monoisotopic (exact) mass is 270 g/mol. The maximum atomic E-state index is 10.1. The van der Waals surface area contributed by atoms with E-state index in [0.29, 0.717) is 5.92 Å². The van der Waals surface area contributed by atoms with Crippen LogP contribution in [-0.2, 0) is 0 Å². The SMILES string of the molecule is CCC(C)CC(O)c1cccc(C)c1Br. The van der Waals surface area contributed by atoms with Gasteiger partial charge in [0.05, 0.1) is 6.10 Å². The van der Waals surface area contributed by atoms with Gasteiger partial charge in [0.2, 0.25) is 0 Å². The van der Waals surface area contributed by atoms with Gasteiger partial charge in [0.15, 0.2) is 0 Å². The van der Waals surface area contributed by atoms with Crippen molar-refractivity contribution in [2.45, 2.75) is 39.7 Å². The Morgan fingerprint density at radius 1 is 1.40 bits per heavy atom. The van der Waals surface area contributed by atoms with Crippen LogP contribution in [0, 0.1) is 12.8 Å². The first-order valence-electron chi connectivity index (χ1n) is 5.49. The Kier molecular flexibility index (Phi) is 4.81. The second kappa shape index (κ2) is 5.66. The van der Waals surface area contributed by atoms with Crippen molar-refractivity contribution in [1.82, 2.24) is 0 Å². The molecule has 0 aliphatic heterocycles. The van der Waals surface area contributed by atoms with Crippen LogP contribution < -0.4 is 0 Å². The van der Waals surface area contributed by atoms with Gasteiger partial charge < -0.3 is 5.11 Å². The Bertz CT molecular complexity index is 322. The van der Waals surface area contributed by atoms with E-state index >= 15 is 0 Å². The molecule has 0 saturated heterocycles. The summed E-state index contributed by atoms with van der Waals surface area (Å²) >= 11 is 3.53. The normalized spacial score (nSPS) is 15.0. The topological polar surface area (TPSA) is 20.2 Å². The van der Waals surface area contributed by atoms with Crippen LogP contribution in [0.4, 0.5) is 0 Å². The van der Waals surface area contributed by atoms with E-state index in [1.165, 1.54) is 5.56 Å². The van der Waals surface area contributed by atoms with Crippen molar-refractivity contribution >= 4 is 15.9 Å². The molecule has 2 heteroatoms. The molecule has 1 nitrogen and oxygen atoms in total. The van der Waals surface area contributed by atoms with Crippen molar-refractivity contribution in [2.24, 2.45) is 5.92 Å². The van der Waals surface area contributed by atoms with Gasteiger partial charge >= 0.3 is 0 Å². The Hall–Kier alpha value is -0.340.